The fourth-order valence-corrected chi connectivity index (χ4v) is 2.91. The van der Waals surface area contributed by atoms with Gasteiger partial charge < -0.3 is 9.47 Å². The number of carbonyl (C=O) groups excluding carboxylic acids is 2. The zero-order valence-corrected chi connectivity index (χ0v) is 13.1. The lowest BCUT2D eigenvalue weighted by molar-refractivity contribution is 0.0970. The van der Waals surface area contributed by atoms with Crippen molar-refractivity contribution in [2.24, 2.45) is 0 Å². The topological polar surface area (TPSA) is 55.2 Å². The minimum atomic E-state index is -0.153. The molecule has 0 radical (unpaired) electrons. The predicted octanol–water partition coefficient (Wildman–Crippen LogP) is 1.92. The van der Waals surface area contributed by atoms with Crippen molar-refractivity contribution < 1.29 is 9.59 Å². The first-order chi connectivity index (χ1) is 10.5. The number of imidazole rings is 1. The molecule has 1 aromatic carbocycles. The molecule has 114 valence electrons. The Labute approximate surface area is 129 Å². The van der Waals surface area contributed by atoms with Crippen molar-refractivity contribution >= 4 is 11.6 Å². The van der Waals surface area contributed by atoms with Crippen LogP contribution in [0.4, 0.5) is 0 Å². The van der Waals surface area contributed by atoms with Gasteiger partial charge in [-0.25, -0.2) is 4.98 Å². The van der Waals surface area contributed by atoms with E-state index in [1.807, 2.05) is 25.6 Å². The van der Waals surface area contributed by atoms with Gasteiger partial charge in [0.15, 0.2) is 0 Å². The molecule has 2 aromatic rings. The molecule has 0 saturated heterocycles. The summed E-state index contributed by atoms with van der Waals surface area (Å²) in [7, 11) is 4.03. The summed E-state index contributed by atoms with van der Waals surface area (Å²) in [5.41, 5.74) is 1.68. The summed E-state index contributed by atoms with van der Waals surface area (Å²) in [5, 5.41) is 0. The van der Waals surface area contributed by atoms with Crippen LogP contribution in [0.15, 0.2) is 24.3 Å². The molecular weight excluding hydrogens is 278 g/mol. The number of aryl methyl sites for hydroxylation is 1. The summed E-state index contributed by atoms with van der Waals surface area (Å²) in [5.74, 6) is 0.466. The number of aromatic nitrogens is 2. The second-order valence-corrected chi connectivity index (χ2v) is 5.87. The van der Waals surface area contributed by atoms with Crippen LogP contribution in [-0.2, 0) is 6.54 Å². The Hall–Kier alpha value is -2.27. The standard InChI is InChI=1S/C17H19N3O2/c1-11-18-14-15(20(11)10-6-9-19(2)3)17(22)13-8-5-4-7-12(13)16(14)21/h4-5,7-8H,6,9-10H2,1-3H3. The highest BCUT2D eigenvalue weighted by Gasteiger charge is 2.34. The quantitative estimate of drug-likeness (QED) is 0.738. The average molecular weight is 297 g/mol. The van der Waals surface area contributed by atoms with Crippen LogP contribution in [0.2, 0.25) is 0 Å². The Morgan fingerprint density at radius 2 is 1.73 bits per heavy atom. The monoisotopic (exact) mass is 297 g/mol. The van der Waals surface area contributed by atoms with Crippen LogP contribution in [0.3, 0.4) is 0 Å². The molecule has 0 bridgehead atoms. The third kappa shape index (κ3) is 2.27. The maximum atomic E-state index is 12.8. The molecule has 0 spiro atoms. The van der Waals surface area contributed by atoms with E-state index in [1.54, 1.807) is 24.3 Å². The van der Waals surface area contributed by atoms with Crippen molar-refractivity contribution in [1.82, 2.24) is 14.5 Å². The molecule has 0 unspecified atom stereocenters. The minimum absolute atomic E-state index is 0.101. The Balaban J connectivity index is 2.02. The Morgan fingerprint density at radius 3 is 2.36 bits per heavy atom. The van der Waals surface area contributed by atoms with Crippen molar-refractivity contribution in [3.05, 3.63) is 52.6 Å². The summed E-state index contributed by atoms with van der Waals surface area (Å²) < 4.78 is 1.88. The minimum Gasteiger partial charge on any atom is -0.325 e. The molecule has 0 aliphatic heterocycles. The summed E-state index contributed by atoms with van der Waals surface area (Å²) in [6, 6.07) is 6.97. The average Bonchev–Trinajstić information content (AvgIpc) is 2.82. The molecule has 1 aromatic heterocycles. The smallest absolute Gasteiger partial charge is 0.214 e. The normalized spacial score (nSPS) is 13.5. The molecule has 0 N–H and O–H groups in total. The highest BCUT2D eigenvalue weighted by molar-refractivity contribution is 6.27. The van der Waals surface area contributed by atoms with Gasteiger partial charge in [-0.3, -0.25) is 9.59 Å². The molecule has 1 aliphatic rings. The molecule has 0 saturated carbocycles. The van der Waals surface area contributed by atoms with Gasteiger partial charge in [0.05, 0.1) is 0 Å². The molecular formula is C17H19N3O2. The number of nitrogens with zero attached hydrogens (tertiary/aromatic N) is 3. The maximum Gasteiger partial charge on any atom is 0.214 e. The van der Waals surface area contributed by atoms with Crippen LogP contribution in [0.1, 0.15) is 44.3 Å². The molecule has 1 aliphatic carbocycles. The summed E-state index contributed by atoms with van der Waals surface area (Å²) in [4.78, 5) is 31.8. The predicted molar refractivity (Wildman–Crippen MR) is 83.4 cm³/mol. The van der Waals surface area contributed by atoms with E-state index in [4.69, 9.17) is 0 Å². The van der Waals surface area contributed by atoms with E-state index in [0.29, 0.717) is 29.1 Å². The van der Waals surface area contributed by atoms with Crippen molar-refractivity contribution in [2.75, 3.05) is 20.6 Å². The molecule has 1 heterocycles. The molecule has 0 atom stereocenters. The fraction of sp³-hybridized carbons (Fsp3) is 0.353. The number of hydrogen-bond donors (Lipinski definition) is 0. The Bertz CT molecular complexity index is 759. The summed E-state index contributed by atoms with van der Waals surface area (Å²) in [6.45, 7) is 3.46. The fourth-order valence-electron chi connectivity index (χ4n) is 2.91. The van der Waals surface area contributed by atoms with Crippen LogP contribution in [0, 0.1) is 6.92 Å². The van der Waals surface area contributed by atoms with Crippen LogP contribution in [0.25, 0.3) is 0 Å². The third-order valence-electron chi connectivity index (χ3n) is 3.99. The first-order valence-electron chi connectivity index (χ1n) is 7.41. The van der Waals surface area contributed by atoms with Crippen LogP contribution in [0.5, 0.6) is 0 Å². The van der Waals surface area contributed by atoms with Gasteiger partial charge in [0, 0.05) is 17.7 Å². The van der Waals surface area contributed by atoms with Gasteiger partial charge >= 0.3 is 0 Å². The van der Waals surface area contributed by atoms with Gasteiger partial charge in [-0.05, 0) is 34.0 Å². The van der Waals surface area contributed by atoms with E-state index in [0.717, 1.165) is 18.8 Å². The van der Waals surface area contributed by atoms with Crippen LogP contribution < -0.4 is 0 Å². The lowest BCUT2D eigenvalue weighted by Gasteiger charge is -2.17. The summed E-state index contributed by atoms with van der Waals surface area (Å²) in [6.07, 6.45) is 0.903. The molecule has 3 rings (SSSR count). The van der Waals surface area contributed by atoms with Gasteiger partial charge in [0.1, 0.15) is 17.2 Å². The lowest BCUT2D eigenvalue weighted by atomic mass is 9.90. The second-order valence-electron chi connectivity index (χ2n) is 5.87. The van der Waals surface area contributed by atoms with E-state index >= 15 is 0 Å². The molecule has 5 nitrogen and oxygen atoms in total. The van der Waals surface area contributed by atoms with E-state index in [1.165, 1.54) is 0 Å². The van der Waals surface area contributed by atoms with Crippen molar-refractivity contribution in [2.45, 2.75) is 19.9 Å². The first kappa shape index (κ1) is 14.7. The maximum absolute atomic E-state index is 12.8. The number of rotatable bonds is 4. The van der Waals surface area contributed by atoms with Crippen LogP contribution in [-0.4, -0.2) is 46.7 Å². The van der Waals surface area contributed by atoms with E-state index < -0.39 is 0 Å². The number of fused-ring (bicyclic) bond motifs is 2. The van der Waals surface area contributed by atoms with E-state index in [2.05, 4.69) is 9.88 Å². The number of carbonyl (C=O) groups is 2. The highest BCUT2D eigenvalue weighted by atomic mass is 16.1. The zero-order chi connectivity index (χ0) is 15.9. The van der Waals surface area contributed by atoms with Gasteiger partial charge in [0.2, 0.25) is 11.6 Å². The largest absolute Gasteiger partial charge is 0.325 e. The van der Waals surface area contributed by atoms with E-state index in [9.17, 15) is 9.59 Å². The third-order valence-corrected chi connectivity index (χ3v) is 3.99. The summed E-state index contributed by atoms with van der Waals surface area (Å²) >= 11 is 0. The molecule has 0 amide bonds. The van der Waals surface area contributed by atoms with Crippen LogP contribution >= 0.6 is 0 Å². The number of hydrogen-bond acceptors (Lipinski definition) is 4. The van der Waals surface area contributed by atoms with Gasteiger partial charge in [-0.1, -0.05) is 24.3 Å². The van der Waals surface area contributed by atoms with Gasteiger partial charge in [-0.15, -0.1) is 0 Å². The first-order valence-corrected chi connectivity index (χ1v) is 7.41. The van der Waals surface area contributed by atoms with Gasteiger partial charge in [-0.2, -0.15) is 0 Å². The number of benzene rings is 1. The second kappa shape index (κ2) is 5.50. The molecule has 5 heteroatoms. The van der Waals surface area contributed by atoms with E-state index in [-0.39, 0.29) is 11.6 Å². The van der Waals surface area contributed by atoms with Gasteiger partial charge in [0.25, 0.3) is 0 Å². The van der Waals surface area contributed by atoms with Crippen molar-refractivity contribution in [3.63, 3.8) is 0 Å². The van der Waals surface area contributed by atoms with Crippen molar-refractivity contribution in [3.8, 4) is 0 Å². The zero-order valence-electron chi connectivity index (χ0n) is 13.1. The van der Waals surface area contributed by atoms with Crippen molar-refractivity contribution in [1.29, 1.82) is 0 Å². The number of ketones is 2. The Kier molecular flexibility index (Phi) is 3.66. The molecule has 22 heavy (non-hydrogen) atoms. The molecule has 0 fully saturated rings. The Morgan fingerprint density at radius 1 is 1.09 bits per heavy atom. The highest BCUT2D eigenvalue weighted by Crippen LogP contribution is 2.27. The SMILES string of the molecule is Cc1nc2c(n1CCCN(C)C)C(=O)c1ccccc1C2=O. The lowest BCUT2D eigenvalue weighted by Crippen LogP contribution is -2.24.